The molecule has 0 saturated heterocycles. The molecule has 5 heteroatoms. The minimum atomic E-state index is -0.260. The molecule has 0 spiro atoms. The van der Waals surface area contributed by atoms with Gasteiger partial charge in [-0.05, 0) is 29.8 Å². The van der Waals surface area contributed by atoms with Gasteiger partial charge in [0.2, 0.25) is 0 Å². The Balaban J connectivity index is 2.19. The van der Waals surface area contributed by atoms with Gasteiger partial charge in [0, 0.05) is 29.9 Å². The fourth-order valence-corrected chi connectivity index (χ4v) is 2.26. The van der Waals surface area contributed by atoms with Crippen molar-refractivity contribution in [3.63, 3.8) is 0 Å². The molecule has 2 nitrogen and oxygen atoms in total. The smallest absolute Gasteiger partial charge is 0.125 e. The average molecular weight is 309 g/mol. The monoisotopic (exact) mass is 308 g/mol. The van der Waals surface area contributed by atoms with Crippen molar-refractivity contribution in [2.45, 2.75) is 6.54 Å². The minimum Gasteiger partial charge on any atom is -0.389 e. The number of nitrogens with zero attached hydrogens (tertiary/aromatic N) is 1. The van der Waals surface area contributed by atoms with Gasteiger partial charge in [-0.2, -0.15) is 0 Å². The van der Waals surface area contributed by atoms with E-state index in [9.17, 15) is 4.39 Å². The largest absolute Gasteiger partial charge is 0.389 e. The fraction of sp³-hybridized carbons (Fsp3) is 0.133. The highest BCUT2D eigenvalue weighted by Crippen LogP contribution is 2.22. The quantitative estimate of drug-likeness (QED) is 0.872. The number of halogens is 2. The van der Waals surface area contributed by atoms with Crippen LogP contribution < -0.4 is 10.6 Å². The van der Waals surface area contributed by atoms with E-state index in [2.05, 4.69) is 0 Å². The summed E-state index contributed by atoms with van der Waals surface area (Å²) in [5.74, 6) is -0.260. The first-order valence-corrected chi connectivity index (χ1v) is 6.81. The highest BCUT2D eigenvalue weighted by Gasteiger charge is 2.08. The summed E-state index contributed by atoms with van der Waals surface area (Å²) in [6.07, 6.45) is 0. The minimum absolute atomic E-state index is 0.260. The summed E-state index contributed by atoms with van der Waals surface area (Å²) in [6.45, 7) is 0.569. The molecule has 20 heavy (non-hydrogen) atoms. The third-order valence-electron chi connectivity index (χ3n) is 2.99. The van der Waals surface area contributed by atoms with Gasteiger partial charge >= 0.3 is 0 Å². The van der Waals surface area contributed by atoms with Gasteiger partial charge in [-0.3, -0.25) is 0 Å². The molecule has 0 atom stereocenters. The molecule has 0 aliphatic rings. The summed E-state index contributed by atoms with van der Waals surface area (Å²) in [5, 5.41) is 0.596. The van der Waals surface area contributed by atoms with E-state index >= 15 is 0 Å². The number of benzene rings is 2. The van der Waals surface area contributed by atoms with Crippen LogP contribution in [0.15, 0.2) is 42.5 Å². The molecular weight excluding hydrogens is 295 g/mol. The first-order chi connectivity index (χ1) is 9.47. The summed E-state index contributed by atoms with van der Waals surface area (Å²) in [6, 6.07) is 11.9. The normalized spacial score (nSPS) is 10.3. The SMILES string of the molecule is CN(Cc1ccc(C(N)=S)cc1Cl)c1cccc(F)c1. The van der Waals surface area contributed by atoms with Crippen molar-refractivity contribution in [2.75, 3.05) is 11.9 Å². The van der Waals surface area contributed by atoms with E-state index < -0.39 is 0 Å². The second-order valence-corrected chi connectivity index (χ2v) is 5.35. The predicted molar refractivity (Wildman–Crippen MR) is 85.8 cm³/mol. The molecule has 0 heterocycles. The standard InChI is InChI=1S/C15H14ClFN2S/c1-19(13-4-2-3-12(17)8-13)9-11-6-5-10(15(18)20)7-14(11)16/h2-8H,9H2,1H3,(H2,18,20). The lowest BCUT2D eigenvalue weighted by molar-refractivity contribution is 0.627. The van der Waals surface area contributed by atoms with Crippen LogP contribution in [0.4, 0.5) is 10.1 Å². The van der Waals surface area contributed by atoms with Crippen LogP contribution in [0.2, 0.25) is 5.02 Å². The van der Waals surface area contributed by atoms with Gasteiger partial charge in [-0.1, -0.05) is 42.0 Å². The van der Waals surface area contributed by atoms with Crippen molar-refractivity contribution < 1.29 is 4.39 Å². The van der Waals surface area contributed by atoms with Crippen molar-refractivity contribution >= 4 is 34.5 Å². The topological polar surface area (TPSA) is 29.3 Å². The zero-order valence-corrected chi connectivity index (χ0v) is 12.5. The number of nitrogens with two attached hydrogens (primary N) is 1. The third-order valence-corrected chi connectivity index (χ3v) is 3.58. The van der Waals surface area contributed by atoms with E-state index in [-0.39, 0.29) is 5.82 Å². The number of hydrogen-bond donors (Lipinski definition) is 1. The number of rotatable bonds is 4. The van der Waals surface area contributed by atoms with Crippen molar-refractivity contribution in [1.29, 1.82) is 0 Å². The summed E-state index contributed by atoms with van der Waals surface area (Å²) in [5.41, 5.74) is 8.02. The molecular formula is C15H14ClFN2S. The highest BCUT2D eigenvalue weighted by atomic mass is 35.5. The van der Waals surface area contributed by atoms with Gasteiger partial charge in [0.15, 0.2) is 0 Å². The molecule has 0 unspecified atom stereocenters. The molecule has 0 aromatic heterocycles. The van der Waals surface area contributed by atoms with E-state index in [1.807, 2.05) is 30.1 Å². The molecule has 2 rings (SSSR count). The van der Waals surface area contributed by atoms with Crippen LogP contribution in [-0.4, -0.2) is 12.0 Å². The van der Waals surface area contributed by atoms with E-state index in [0.29, 0.717) is 16.6 Å². The molecule has 2 N–H and O–H groups in total. The molecule has 0 radical (unpaired) electrons. The zero-order valence-electron chi connectivity index (χ0n) is 10.9. The van der Waals surface area contributed by atoms with E-state index in [0.717, 1.165) is 16.8 Å². The van der Waals surface area contributed by atoms with Crippen molar-refractivity contribution in [1.82, 2.24) is 0 Å². The molecule has 0 bridgehead atoms. The van der Waals surface area contributed by atoms with E-state index in [1.54, 1.807) is 12.1 Å². The maximum atomic E-state index is 13.2. The number of hydrogen-bond acceptors (Lipinski definition) is 2. The maximum Gasteiger partial charge on any atom is 0.125 e. The lowest BCUT2D eigenvalue weighted by Crippen LogP contribution is -2.17. The molecule has 0 aliphatic heterocycles. The van der Waals surface area contributed by atoms with E-state index in [4.69, 9.17) is 29.6 Å². The maximum absolute atomic E-state index is 13.2. The summed E-state index contributed by atoms with van der Waals surface area (Å²) >= 11 is 11.1. The van der Waals surface area contributed by atoms with Crippen LogP contribution in [0.25, 0.3) is 0 Å². The summed E-state index contributed by atoms with van der Waals surface area (Å²) in [4.78, 5) is 2.24. The van der Waals surface area contributed by atoms with Crippen LogP contribution in [-0.2, 0) is 6.54 Å². The number of anilines is 1. The highest BCUT2D eigenvalue weighted by molar-refractivity contribution is 7.80. The molecule has 2 aromatic rings. The van der Waals surface area contributed by atoms with Crippen molar-refractivity contribution in [2.24, 2.45) is 5.73 Å². The van der Waals surface area contributed by atoms with Gasteiger partial charge in [0.05, 0.1) is 0 Å². The summed E-state index contributed by atoms with van der Waals surface area (Å²) in [7, 11) is 1.88. The van der Waals surface area contributed by atoms with Crippen LogP contribution in [0.3, 0.4) is 0 Å². The lowest BCUT2D eigenvalue weighted by Gasteiger charge is -2.20. The molecule has 104 valence electrons. The van der Waals surface area contributed by atoms with Crippen molar-refractivity contribution in [3.05, 3.63) is 64.4 Å². The molecule has 0 aliphatic carbocycles. The first kappa shape index (κ1) is 14.8. The zero-order chi connectivity index (χ0) is 14.7. The van der Waals surface area contributed by atoms with Crippen LogP contribution >= 0.6 is 23.8 Å². The Labute approximate surface area is 128 Å². The van der Waals surface area contributed by atoms with Gasteiger partial charge in [-0.25, -0.2) is 4.39 Å². The number of thiocarbonyl (C=S) groups is 1. The average Bonchev–Trinajstić information content (AvgIpc) is 2.40. The molecule has 0 amide bonds. The summed E-state index contributed by atoms with van der Waals surface area (Å²) < 4.78 is 13.2. The lowest BCUT2D eigenvalue weighted by atomic mass is 10.1. The molecule has 2 aromatic carbocycles. The molecule has 0 fully saturated rings. The van der Waals surface area contributed by atoms with Gasteiger partial charge in [0.25, 0.3) is 0 Å². The Morgan fingerprint density at radius 3 is 2.65 bits per heavy atom. The molecule has 0 saturated carbocycles. The fourth-order valence-electron chi connectivity index (χ4n) is 1.89. The van der Waals surface area contributed by atoms with Gasteiger partial charge in [-0.15, -0.1) is 0 Å². The Kier molecular flexibility index (Phi) is 4.57. The van der Waals surface area contributed by atoms with Gasteiger partial charge in [0.1, 0.15) is 10.8 Å². The predicted octanol–water partition coefficient (Wildman–Crippen LogP) is 3.75. The van der Waals surface area contributed by atoms with Gasteiger partial charge < -0.3 is 10.6 Å². The van der Waals surface area contributed by atoms with Crippen LogP contribution in [0.1, 0.15) is 11.1 Å². The van der Waals surface area contributed by atoms with Crippen LogP contribution in [0, 0.1) is 5.82 Å². The second kappa shape index (κ2) is 6.20. The third kappa shape index (κ3) is 3.46. The Morgan fingerprint density at radius 1 is 1.30 bits per heavy atom. The van der Waals surface area contributed by atoms with Crippen molar-refractivity contribution in [3.8, 4) is 0 Å². The Morgan fingerprint density at radius 2 is 2.05 bits per heavy atom. The van der Waals surface area contributed by atoms with Crippen LogP contribution in [0.5, 0.6) is 0 Å². The van der Waals surface area contributed by atoms with E-state index in [1.165, 1.54) is 12.1 Å². The first-order valence-electron chi connectivity index (χ1n) is 6.02. The second-order valence-electron chi connectivity index (χ2n) is 4.51. The Bertz CT molecular complexity index is 646. The Hall–Kier alpha value is -1.65.